The number of hydrogen-bond donors (Lipinski definition) is 0. The van der Waals surface area contributed by atoms with Gasteiger partial charge in [-0.15, -0.1) is 0 Å². The number of cyclic esters (lactones) is 1. The Morgan fingerprint density at radius 3 is 2.58 bits per heavy atom. The third-order valence-corrected chi connectivity index (χ3v) is 5.90. The van der Waals surface area contributed by atoms with Crippen molar-refractivity contribution in [2.75, 3.05) is 0 Å². The molecule has 0 saturated heterocycles. The van der Waals surface area contributed by atoms with Crippen molar-refractivity contribution in [2.45, 2.75) is 13.5 Å². The Labute approximate surface area is 196 Å². The molecule has 1 aliphatic heterocycles. The highest BCUT2D eigenvalue weighted by molar-refractivity contribution is 6.31. The fraction of sp³-hybridized carbons (Fsp3) is 0.0714. The van der Waals surface area contributed by atoms with Crippen molar-refractivity contribution in [2.24, 2.45) is 4.99 Å². The normalized spacial score (nSPS) is 14.4. The van der Waals surface area contributed by atoms with Crippen LogP contribution in [-0.4, -0.2) is 11.9 Å². The molecule has 0 unspecified atom stereocenters. The number of halogens is 1. The Balaban J connectivity index is 1.30. The maximum atomic E-state index is 12.3. The molecule has 0 N–H and O–H groups in total. The number of rotatable bonds is 5. The zero-order valence-electron chi connectivity index (χ0n) is 17.9. The van der Waals surface area contributed by atoms with Gasteiger partial charge in [-0.05, 0) is 64.7 Å². The predicted molar refractivity (Wildman–Crippen MR) is 132 cm³/mol. The van der Waals surface area contributed by atoms with E-state index >= 15 is 0 Å². The first-order chi connectivity index (χ1) is 16.1. The first-order valence-corrected chi connectivity index (χ1v) is 10.9. The summed E-state index contributed by atoms with van der Waals surface area (Å²) in [5.41, 5.74) is 3.81. The zero-order valence-corrected chi connectivity index (χ0v) is 18.7. The van der Waals surface area contributed by atoms with E-state index < -0.39 is 5.97 Å². The number of fused-ring (bicyclic) bond motifs is 1. The number of hydrogen-bond acceptors (Lipinski definition) is 4. The van der Waals surface area contributed by atoms with Crippen molar-refractivity contribution in [1.29, 1.82) is 0 Å². The van der Waals surface area contributed by atoms with Crippen LogP contribution in [0.1, 0.15) is 22.3 Å². The van der Waals surface area contributed by atoms with Gasteiger partial charge in [-0.2, -0.15) is 0 Å². The molecule has 5 rings (SSSR count). The molecule has 0 spiro atoms. The molecule has 1 aliphatic rings. The number of aliphatic imine (C=N–C) groups is 1. The van der Waals surface area contributed by atoms with Crippen LogP contribution >= 0.6 is 11.6 Å². The van der Waals surface area contributed by atoms with Crippen molar-refractivity contribution >= 4 is 40.3 Å². The molecule has 1 heterocycles. The molecule has 0 bridgehead atoms. The minimum Gasteiger partial charge on any atom is -0.489 e. The van der Waals surface area contributed by atoms with Gasteiger partial charge in [0, 0.05) is 10.6 Å². The van der Waals surface area contributed by atoms with Crippen LogP contribution < -0.4 is 4.74 Å². The van der Waals surface area contributed by atoms with Gasteiger partial charge in [-0.25, -0.2) is 9.79 Å². The molecule has 0 atom stereocenters. The summed E-state index contributed by atoms with van der Waals surface area (Å²) in [7, 11) is 0. The summed E-state index contributed by atoms with van der Waals surface area (Å²) >= 11 is 6.18. The van der Waals surface area contributed by atoms with E-state index in [0.29, 0.717) is 17.2 Å². The fourth-order valence-electron chi connectivity index (χ4n) is 3.66. The lowest BCUT2D eigenvalue weighted by Crippen LogP contribution is -2.05. The van der Waals surface area contributed by atoms with E-state index in [-0.39, 0.29) is 11.6 Å². The number of benzene rings is 4. The summed E-state index contributed by atoms with van der Waals surface area (Å²) in [6.45, 7) is 2.39. The summed E-state index contributed by atoms with van der Waals surface area (Å²) in [5.74, 6) is 0.513. The van der Waals surface area contributed by atoms with Crippen molar-refractivity contribution in [3.8, 4) is 5.75 Å². The second-order valence-corrected chi connectivity index (χ2v) is 8.20. The van der Waals surface area contributed by atoms with Gasteiger partial charge in [0.05, 0.1) is 0 Å². The van der Waals surface area contributed by atoms with Crippen molar-refractivity contribution < 1.29 is 14.3 Å². The molecule has 0 aliphatic carbocycles. The molecule has 5 heteroatoms. The maximum absolute atomic E-state index is 12.3. The van der Waals surface area contributed by atoms with Crippen LogP contribution in [0.15, 0.2) is 95.6 Å². The first kappa shape index (κ1) is 21.0. The molecular formula is C28H20ClNO3. The van der Waals surface area contributed by atoms with Crippen LogP contribution in [0.5, 0.6) is 5.75 Å². The van der Waals surface area contributed by atoms with Crippen LogP contribution in [0.25, 0.3) is 16.8 Å². The fourth-order valence-corrected chi connectivity index (χ4v) is 3.84. The molecule has 0 aromatic heterocycles. The van der Waals surface area contributed by atoms with Crippen LogP contribution in [0.4, 0.5) is 0 Å². The topological polar surface area (TPSA) is 47.9 Å². The van der Waals surface area contributed by atoms with E-state index in [1.807, 2.05) is 61.5 Å². The average Bonchev–Trinajstić information content (AvgIpc) is 3.20. The van der Waals surface area contributed by atoms with E-state index in [0.717, 1.165) is 22.4 Å². The third-order valence-electron chi connectivity index (χ3n) is 5.50. The number of carbonyl (C=O) groups excluding carboxylic acids is 1. The molecule has 0 fully saturated rings. The smallest absolute Gasteiger partial charge is 0.363 e. The molecule has 4 aromatic carbocycles. The van der Waals surface area contributed by atoms with Crippen molar-refractivity contribution in [3.63, 3.8) is 0 Å². The summed E-state index contributed by atoms with van der Waals surface area (Å²) in [6.07, 6.45) is 1.69. The van der Waals surface area contributed by atoms with Gasteiger partial charge in [-0.1, -0.05) is 72.3 Å². The van der Waals surface area contributed by atoms with Crippen molar-refractivity contribution in [3.05, 3.63) is 118 Å². The summed E-state index contributed by atoms with van der Waals surface area (Å²) in [4.78, 5) is 16.6. The maximum Gasteiger partial charge on any atom is 0.363 e. The molecule has 4 nitrogen and oxygen atoms in total. The highest BCUT2D eigenvalue weighted by Crippen LogP contribution is 2.24. The Kier molecular flexibility index (Phi) is 5.68. The zero-order chi connectivity index (χ0) is 22.8. The second kappa shape index (κ2) is 8.93. The summed E-state index contributed by atoms with van der Waals surface area (Å²) in [5, 5.41) is 2.98. The van der Waals surface area contributed by atoms with Crippen LogP contribution in [-0.2, 0) is 16.1 Å². The van der Waals surface area contributed by atoms with E-state index in [4.69, 9.17) is 21.1 Å². The molecule has 33 heavy (non-hydrogen) atoms. The lowest BCUT2D eigenvalue weighted by atomic mass is 10.1. The van der Waals surface area contributed by atoms with Crippen LogP contribution in [0.3, 0.4) is 0 Å². The van der Waals surface area contributed by atoms with E-state index in [2.05, 4.69) is 29.3 Å². The standard InChI is InChI=1S/C28H20ClNO3/c1-18-9-12-21(16-25(18)29)27-30-26(28(31)33-27)15-19-10-13-23(14-11-19)32-17-22-7-4-6-20-5-2-3-8-24(20)22/h2-16H,17H2,1H3/b26-15-. The lowest BCUT2D eigenvalue weighted by Gasteiger charge is -2.09. The summed E-state index contributed by atoms with van der Waals surface area (Å²) < 4.78 is 11.3. The molecule has 4 aromatic rings. The van der Waals surface area contributed by atoms with Crippen LogP contribution in [0.2, 0.25) is 5.02 Å². The van der Waals surface area contributed by atoms with Crippen molar-refractivity contribution in [1.82, 2.24) is 0 Å². The van der Waals surface area contributed by atoms with Gasteiger partial charge < -0.3 is 9.47 Å². The quantitative estimate of drug-likeness (QED) is 0.249. The number of carbonyl (C=O) groups is 1. The third kappa shape index (κ3) is 4.52. The van der Waals surface area contributed by atoms with E-state index in [1.54, 1.807) is 12.1 Å². The molecular weight excluding hydrogens is 434 g/mol. The molecule has 0 saturated carbocycles. The number of nitrogens with zero attached hydrogens (tertiary/aromatic N) is 1. The average molecular weight is 454 g/mol. The number of aryl methyl sites for hydroxylation is 1. The first-order valence-electron chi connectivity index (χ1n) is 10.6. The van der Waals surface area contributed by atoms with Gasteiger partial charge in [-0.3, -0.25) is 0 Å². The van der Waals surface area contributed by atoms with E-state index in [9.17, 15) is 4.79 Å². The highest BCUT2D eigenvalue weighted by atomic mass is 35.5. The summed E-state index contributed by atoms with van der Waals surface area (Å²) in [6, 6.07) is 27.4. The van der Waals surface area contributed by atoms with Gasteiger partial charge >= 0.3 is 5.97 Å². The Bertz CT molecular complexity index is 1420. The van der Waals surface area contributed by atoms with Gasteiger partial charge in [0.2, 0.25) is 5.90 Å². The van der Waals surface area contributed by atoms with Gasteiger partial charge in [0.25, 0.3) is 0 Å². The molecule has 0 amide bonds. The minimum absolute atomic E-state index is 0.242. The Morgan fingerprint density at radius 2 is 1.76 bits per heavy atom. The molecule has 0 radical (unpaired) electrons. The Morgan fingerprint density at radius 1 is 0.970 bits per heavy atom. The molecule has 162 valence electrons. The van der Waals surface area contributed by atoms with Gasteiger partial charge in [0.15, 0.2) is 5.70 Å². The minimum atomic E-state index is -0.488. The predicted octanol–water partition coefficient (Wildman–Crippen LogP) is 6.73. The Hall–Kier alpha value is -3.89. The second-order valence-electron chi connectivity index (χ2n) is 7.80. The lowest BCUT2D eigenvalue weighted by molar-refractivity contribution is -0.129. The SMILES string of the molecule is Cc1ccc(C2=N/C(=C\c3ccc(OCc4cccc5ccccc45)cc3)C(=O)O2)cc1Cl. The largest absolute Gasteiger partial charge is 0.489 e. The van der Waals surface area contributed by atoms with E-state index in [1.165, 1.54) is 10.8 Å². The highest BCUT2D eigenvalue weighted by Gasteiger charge is 2.24. The number of esters is 1. The van der Waals surface area contributed by atoms with Crippen LogP contribution in [0, 0.1) is 6.92 Å². The number of ether oxygens (including phenoxy) is 2. The van der Waals surface area contributed by atoms with Gasteiger partial charge in [0.1, 0.15) is 12.4 Å². The monoisotopic (exact) mass is 453 g/mol.